The molecule has 0 aromatic heterocycles. The average Bonchev–Trinajstić information content (AvgIpc) is 2.31. The molecule has 1 aromatic rings. The van der Waals surface area contributed by atoms with Gasteiger partial charge in [-0.1, -0.05) is 29.3 Å². The molecule has 110 valence electrons. The van der Waals surface area contributed by atoms with Gasteiger partial charge in [0.1, 0.15) is 18.8 Å². The first kappa shape index (κ1) is 17.0. The van der Waals surface area contributed by atoms with Crippen LogP contribution in [0.4, 0.5) is 0 Å². The number of esters is 1. The van der Waals surface area contributed by atoms with E-state index in [1.165, 1.54) is 6.92 Å². The van der Waals surface area contributed by atoms with Crippen molar-refractivity contribution in [3.8, 4) is 0 Å². The van der Waals surface area contributed by atoms with Gasteiger partial charge in [-0.25, -0.2) is 0 Å². The smallest absolute Gasteiger partial charge is 0.313 e. The van der Waals surface area contributed by atoms with Crippen molar-refractivity contribution in [2.45, 2.75) is 19.9 Å². The summed E-state index contributed by atoms with van der Waals surface area (Å²) in [6.07, 6.45) is -0.174. The van der Waals surface area contributed by atoms with Crippen LogP contribution in [0.15, 0.2) is 18.2 Å². The Morgan fingerprint density at radius 3 is 2.60 bits per heavy atom. The van der Waals surface area contributed by atoms with Crippen LogP contribution in [0, 0.1) is 0 Å². The number of ether oxygens (including phenoxy) is 1. The van der Waals surface area contributed by atoms with E-state index in [9.17, 15) is 9.59 Å². The summed E-state index contributed by atoms with van der Waals surface area (Å²) in [6, 6.07) is 5.34. The van der Waals surface area contributed by atoms with E-state index in [2.05, 4.69) is 0 Å². The van der Waals surface area contributed by atoms with Crippen LogP contribution in [0.2, 0.25) is 10.0 Å². The molecule has 0 aliphatic heterocycles. The Morgan fingerprint density at radius 2 is 2.00 bits per heavy atom. The molecule has 20 heavy (non-hydrogen) atoms. The number of carbonyl (C=O) groups is 2. The van der Waals surface area contributed by atoms with Crippen LogP contribution in [0.25, 0.3) is 0 Å². The number of halogens is 2. The van der Waals surface area contributed by atoms with Crippen molar-refractivity contribution < 1.29 is 14.3 Å². The lowest BCUT2D eigenvalue weighted by Gasteiger charge is -2.17. The van der Waals surface area contributed by atoms with E-state index >= 15 is 0 Å². The fraction of sp³-hybridized carbons (Fsp3) is 0.429. The van der Waals surface area contributed by atoms with Gasteiger partial charge in [-0.15, -0.1) is 0 Å². The maximum Gasteiger partial charge on any atom is 0.313 e. The number of benzene rings is 1. The third-order valence-electron chi connectivity index (χ3n) is 2.58. The minimum absolute atomic E-state index is 0.174. The van der Waals surface area contributed by atoms with Crippen molar-refractivity contribution in [2.24, 2.45) is 0 Å². The van der Waals surface area contributed by atoms with E-state index in [4.69, 9.17) is 27.9 Å². The zero-order valence-electron chi connectivity index (χ0n) is 11.5. The summed E-state index contributed by atoms with van der Waals surface area (Å²) in [5, 5.41) is 1.21. The highest BCUT2D eigenvalue weighted by molar-refractivity contribution is 6.35. The molecule has 0 amide bonds. The van der Waals surface area contributed by atoms with Gasteiger partial charge in [0.25, 0.3) is 0 Å². The second-order valence-corrected chi connectivity index (χ2v) is 5.42. The second kappa shape index (κ2) is 8.25. The summed E-state index contributed by atoms with van der Waals surface area (Å²) >= 11 is 11.9. The molecule has 0 unspecified atom stereocenters. The molecule has 0 aliphatic rings. The Balaban J connectivity index is 2.35. The molecule has 1 rings (SSSR count). The molecule has 0 bridgehead atoms. The number of ketones is 1. The van der Waals surface area contributed by atoms with Crippen molar-refractivity contribution >= 4 is 35.0 Å². The summed E-state index contributed by atoms with van der Waals surface area (Å²) in [4.78, 5) is 23.9. The zero-order chi connectivity index (χ0) is 15.1. The molecular formula is C14H17Cl2NO3. The van der Waals surface area contributed by atoms with Crippen LogP contribution in [-0.4, -0.2) is 36.9 Å². The van der Waals surface area contributed by atoms with Crippen LogP contribution in [-0.2, 0) is 20.9 Å². The monoisotopic (exact) mass is 317 g/mol. The number of carbonyl (C=O) groups excluding carboxylic acids is 2. The highest BCUT2D eigenvalue weighted by Crippen LogP contribution is 2.21. The topological polar surface area (TPSA) is 46.6 Å². The summed E-state index contributed by atoms with van der Waals surface area (Å²) in [5.74, 6) is -0.688. The van der Waals surface area contributed by atoms with Crippen molar-refractivity contribution in [3.63, 3.8) is 0 Å². The number of Topliss-reactive ketones (excluding diaryl/α,β-unsaturated/α-hetero) is 1. The van der Waals surface area contributed by atoms with Gasteiger partial charge in [0.2, 0.25) is 0 Å². The Morgan fingerprint density at radius 1 is 1.30 bits per heavy atom. The Hall–Kier alpha value is -1.10. The van der Waals surface area contributed by atoms with Gasteiger partial charge < -0.3 is 4.74 Å². The maximum atomic E-state index is 11.2. The van der Waals surface area contributed by atoms with Crippen LogP contribution >= 0.6 is 23.2 Å². The van der Waals surface area contributed by atoms with E-state index in [1.807, 2.05) is 18.0 Å². The third kappa shape index (κ3) is 6.37. The van der Waals surface area contributed by atoms with Gasteiger partial charge in [0, 0.05) is 23.1 Å². The first-order valence-corrected chi connectivity index (χ1v) is 6.91. The molecule has 0 aliphatic carbocycles. The largest absolute Gasteiger partial charge is 0.464 e. The fourth-order valence-corrected chi connectivity index (χ4v) is 2.06. The van der Waals surface area contributed by atoms with Gasteiger partial charge in [-0.3, -0.25) is 14.5 Å². The van der Waals surface area contributed by atoms with Gasteiger partial charge in [0.05, 0.1) is 0 Å². The molecule has 0 fully saturated rings. The van der Waals surface area contributed by atoms with Crippen LogP contribution in [0.5, 0.6) is 0 Å². The van der Waals surface area contributed by atoms with E-state index in [0.29, 0.717) is 23.1 Å². The summed E-state index contributed by atoms with van der Waals surface area (Å²) < 4.78 is 4.96. The second-order valence-electron chi connectivity index (χ2n) is 4.57. The number of nitrogens with zero attached hydrogens (tertiary/aromatic N) is 1. The SMILES string of the molecule is CC(=O)CC(=O)OCCN(C)Cc1ccc(Cl)cc1Cl. The van der Waals surface area contributed by atoms with Crippen LogP contribution < -0.4 is 0 Å². The van der Waals surface area contributed by atoms with Gasteiger partial charge >= 0.3 is 5.97 Å². The third-order valence-corrected chi connectivity index (χ3v) is 3.17. The fourth-order valence-electron chi connectivity index (χ4n) is 1.59. The molecule has 4 nitrogen and oxygen atoms in total. The van der Waals surface area contributed by atoms with Crippen molar-refractivity contribution in [1.29, 1.82) is 0 Å². The molecule has 0 atom stereocenters. The lowest BCUT2D eigenvalue weighted by atomic mass is 10.2. The Labute approximate surface area is 128 Å². The van der Waals surface area contributed by atoms with E-state index in [-0.39, 0.29) is 18.8 Å². The van der Waals surface area contributed by atoms with E-state index < -0.39 is 5.97 Å². The molecule has 0 radical (unpaired) electrons. The number of rotatable bonds is 7. The highest BCUT2D eigenvalue weighted by Gasteiger charge is 2.08. The first-order valence-electron chi connectivity index (χ1n) is 6.16. The van der Waals surface area contributed by atoms with Gasteiger partial charge in [-0.2, -0.15) is 0 Å². The number of hydrogen-bond acceptors (Lipinski definition) is 4. The molecule has 1 aromatic carbocycles. The maximum absolute atomic E-state index is 11.2. The van der Waals surface area contributed by atoms with Gasteiger partial charge in [0.15, 0.2) is 0 Å². The molecule has 0 saturated heterocycles. The van der Waals surface area contributed by atoms with E-state index in [1.54, 1.807) is 12.1 Å². The summed E-state index contributed by atoms with van der Waals surface area (Å²) in [5.41, 5.74) is 0.952. The predicted molar refractivity (Wildman–Crippen MR) is 79.1 cm³/mol. The summed E-state index contributed by atoms with van der Waals surface area (Å²) in [7, 11) is 1.89. The predicted octanol–water partition coefficient (Wildman–Crippen LogP) is 2.95. The van der Waals surface area contributed by atoms with Crippen LogP contribution in [0.3, 0.4) is 0 Å². The van der Waals surface area contributed by atoms with Crippen molar-refractivity contribution in [1.82, 2.24) is 4.90 Å². The number of hydrogen-bond donors (Lipinski definition) is 0. The van der Waals surface area contributed by atoms with Gasteiger partial charge in [-0.05, 0) is 31.7 Å². The minimum Gasteiger partial charge on any atom is -0.464 e. The average molecular weight is 318 g/mol. The molecule has 0 heterocycles. The lowest BCUT2D eigenvalue weighted by molar-refractivity contribution is -0.146. The molecule has 0 N–H and O–H groups in total. The highest BCUT2D eigenvalue weighted by atomic mass is 35.5. The first-order chi connectivity index (χ1) is 9.38. The van der Waals surface area contributed by atoms with Crippen molar-refractivity contribution in [3.05, 3.63) is 33.8 Å². The van der Waals surface area contributed by atoms with Crippen LogP contribution in [0.1, 0.15) is 18.9 Å². The Bertz CT molecular complexity index is 491. The van der Waals surface area contributed by atoms with Crippen molar-refractivity contribution in [2.75, 3.05) is 20.2 Å². The number of likely N-dealkylation sites (N-methyl/N-ethyl adjacent to an activating group) is 1. The minimum atomic E-state index is -0.490. The zero-order valence-corrected chi connectivity index (χ0v) is 13.0. The lowest BCUT2D eigenvalue weighted by Crippen LogP contribution is -2.24. The normalized spacial score (nSPS) is 10.7. The molecule has 0 spiro atoms. The standard InChI is InChI=1S/C14H17Cl2NO3/c1-10(18)7-14(19)20-6-5-17(2)9-11-3-4-12(15)8-13(11)16/h3-4,8H,5-7,9H2,1-2H3. The quantitative estimate of drug-likeness (QED) is 0.573. The summed E-state index contributed by atoms with van der Waals surface area (Å²) in [6.45, 7) is 2.78. The molecule has 6 heteroatoms. The van der Waals surface area contributed by atoms with E-state index in [0.717, 1.165) is 5.56 Å². The molecule has 0 saturated carbocycles. The molecular weight excluding hydrogens is 301 g/mol. The Kier molecular flexibility index (Phi) is 6.99.